The molecule has 2 N–H and O–H groups in total. The summed E-state index contributed by atoms with van der Waals surface area (Å²) in [5.74, 6) is -0.433. The first-order chi connectivity index (χ1) is 4.72. The van der Waals surface area contributed by atoms with Gasteiger partial charge in [0.1, 0.15) is 6.10 Å². The van der Waals surface area contributed by atoms with Crippen molar-refractivity contribution in [2.75, 3.05) is 6.61 Å². The largest absolute Gasteiger partial charge is 0.460 e. The number of hydrogen-bond donors (Lipinski definition) is 2. The molecular formula is C6H10O4. The van der Waals surface area contributed by atoms with Crippen molar-refractivity contribution < 1.29 is 19.7 Å². The highest BCUT2D eigenvalue weighted by Gasteiger charge is 2.26. The van der Waals surface area contributed by atoms with Gasteiger partial charge in [-0.15, -0.1) is 0 Å². The summed E-state index contributed by atoms with van der Waals surface area (Å²) in [5, 5.41) is 17.5. The zero-order valence-electron chi connectivity index (χ0n) is 5.49. The SMILES string of the molecule is O=C1C[C@@H](O)C[C@H](CO)O1. The predicted molar refractivity (Wildman–Crippen MR) is 32.2 cm³/mol. The molecule has 0 spiro atoms. The molecule has 0 radical (unpaired) electrons. The molecule has 0 aromatic heterocycles. The van der Waals surface area contributed by atoms with Crippen molar-refractivity contribution in [2.45, 2.75) is 25.0 Å². The fraction of sp³-hybridized carbons (Fsp3) is 0.833. The molecule has 0 aromatic carbocycles. The summed E-state index contributed by atoms with van der Waals surface area (Å²) in [5.41, 5.74) is 0. The van der Waals surface area contributed by atoms with E-state index in [0.717, 1.165) is 0 Å². The zero-order valence-corrected chi connectivity index (χ0v) is 5.49. The van der Waals surface area contributed by atoms with E-state index < -0.39 is 18.2 Å². The highest BCUT2D eigenvalue weighted by molar-refractivity contribution is 5.70. The minimum Gasteiger partial charge on any atom is -0.460 e. The number of hydrogen-bond acceptors (Lipinski definition) is 4. The van der Waals surface area contributed by atoms with Crippen molar-refractivity contribution in [3.8, 4) is 0 Å². The van der Waals surface area contributed by atoms with Crippen molar-refractivity contribution in [1.29, 1.82) is 0 Å². The van der Waals surface area contributed by atoms with Crippen LogP contribution < -0.4 is 0 Å². The maximum Gasteiger partial charge on any atom is 0.308 e. The number of carbonyl (C=O) groups is 1. The molecule has 10 heavy (non-hydrogen) atoms. The van der Waals surface area contributed by atoms with Crippen LogP contribution in [0.5, 0.6) is 0 Å². The van der Waals surface area contributed by atoms with Crippen molar-refractivity contribution in [2.24, 2.45) is 0 Å². The first-order valence-corrected chi connectivity index (χ1v) is 3.20. The van der Waals surface area contributed by atoms with E-state index in [2.05, 4.69) is 4.74 Å². The second-order valence-corrected chi connectivity index (χ2v) is 2.39. The highest BCUT2D eigenvalue weighted by atomic mass is 16.6. The van der Waals surface area contributed by atoms with Crippen molar-refractivity contribution in [3.05, 3.63) is 0 Å². The van der Waals surface area contributed by atoms with Crippen LogP contribution in [0.4, 0.5) is 0 Å². The third kappa shape index (κ3) is 1.68. The molecule has 0 unspecified atom stereocenters. The summed E-state index contributed by atoms with van der Waals surface area (Å²) in [6.45, 7) is -0.206. The number of ether oxygens (including phenoxy) is 1. The van der Waals surface area contributed by atoms with E-state index in [9.17, 15) is 4.79 Å². The molecule has 1 heterocycles. The van der Waals surface area contributed by atoms with E-state index in [4.69, 9.17) is 10.2 Å². The fourth-order valence-electron chi connectivity index (χ4n) is 0.973. The number of aliphatic hydroxyl groups is 2. The van der Waals surface area contributed by atoms with E-state index in [1.165, 1.54) is 0 Å². The Morgan fingerprint density at radius 2 is 2.40 bits per heavy atom. The number of aliphatic hydroxyl groups excluding tert-OH is 2. The Bertz CT molecular complexity index is 134. The summed E-state index contributed by atoms with van der Waals surface area (Å²) in [6.07, 6.45) is -0.742. The summed E-state index contributed by atoms with van der Waals surface area (Å²) in [7, 11) is 0. The van der Waals surface area contributed by atoms with E-state index >= 15 is 0 Å². The molecular weight excluding hydrogens is 136 g/mol. The molecule has 58 valence electrons. The topological polar surface area (TPSA) is 66.8 Å². The third-order valence-corrected chi connectivity index (χ3v) is 1.44. The second-order valence-electron chi connectivity index (χ2n) is 2.39. The van der Waals surface area contributed by atoms with Gasteiger partial charge in [0.15, 0.2) is 0 Å². The lowest BCUT2D eigenvalue weighted by Crippen LogP contribution is -2.34. The van der Waals surface area contributed by atoms with Crippen LogP contribution >= 0.6 is 0 Å². The quantitative estimate of drug-likeness (QED) is 0.468. The molecule has 1 aliphatic rings. The maximum absolute atomic E-state index is 10.5. The van der Waals surface area contributed by atoms with Crippen LogP contribution in [-0.2, 0) is 9.53 Å². The Balaban J connectivity index is 2.42. The molecule has 1 rings (SSSR count). The molecule has 0 amide bonds. The average Bonchev–Trinajstić information content (AvgIpc) is 1.85. The first kappa shape index (κ1) is 7.50. The van der Waals surface area contributed by atoms with Crippen LogP contribution in [0.2, 0.25) is 0 Å². The van der Waals surface area contributed by atoms with Gasteiger partial charge in [-0.05, 0) is 0 Å². The number of esters is 1. The minimum absolute atomic E-state index is 0.0521. The molecule has 0 bridgehead atoms. The van der Waals surface area contributed by atoms with Crippen LogP contribution in [0.1, 0.15) is 12.8 Å². The Morgan fingerprint density at radius 1 is 1.70 bits per heavy atom. The van der Waals surface area contributed by atoms with Gasteiger partial charge in [-0.2, -0.15) is 0 Å². The van der Waals surface area contributed by atoms with Crippen LogP contribution in [0.15, 0.2) is 0 Å². The Morgan fingerprint density at radius 3 is 2.90 bits per heavy atom. The Hall–Kier alpha value is -0.610. The third-order valence-electron chi connectivity index (χ3n) is 1.44. The van der Waals surface area contributed by atoms with Crippen molar-refractivity contribution >= 4 is 5.97 Å². The Kier molecular flexibility index (Phi) is 2.24. The molecule has 0 aromatic rings. The van der Waals surface area contributed by atoms with E-state index in [-0.39, 0.29) is 13.0 Å². The van der Waals surface area contributed by atoms with Gasteiger partial charge in [-0.25, -0.2) is 0 Å². The summed E-state index contributed by atoms with van der Waals surface area (Å²) >= 11 is 0. The maximum atomic E-state index is 10.5. The van der Waals surface area contributed by atoms with E-state index in [1.807, 2.05) is 0 Å². The zero-order chi connectivity index (χ0) is 7.56. The van der Waals surface area contributed by atoms with Gasteiger partial charge >= 0.3 is 5.97 Å². The molecule has 0 saturated carbocycles. The lowest BCUT2D eigenvalue weighted by molar-refractivity contribution is -0.162. The monoisotopic (exact) mass is 146 g/mol. The number of rotatable bonds is 1. The fourth-order valence-corrected chi connectivity index (χ4v) is 0.973. The number of carbonyl (C=O) groups excluding carboxylic acids is 1. The molecule has 4 nitrogen and oxygen atoms in total. The van der Waals surface area contributed by atoms with Crippen LogP contribution in [0, 0.1) is 0 Å². The average molecular weight is 146 g/mol. The van der Waals surface area contributed by atoms with Gasteiger partial charge in [0.05, 0.1) is 19.1 Å². The Labute approximate surface area is 58.4 Å². The highest BCUT2D eigenvalue weighted by Crippen LogP contribution is 2.13. The van der Waals surface area contributed by atoms with Gasteiger partial charge in [0.25, 0.3) is 0 Å². The molecule has 0 aliphatic carbocycles. The van der Waals surface area contributed by atoms with Gasteiger partial charge in [0, 0.05) is 6.42 Å². The van der Waals surface area contributed by atoms with Gasteiger partial charge in [0.2, 0.25) is 0 Å². The minimum atomic E-state index is -0.640. The number of cyclic esters (lactones) is 1. The lowest BCUT2D eigenvalue weighted by Gasteiger charge is -2.23. The molecule has 1 fully saturated rings. The van der Waals surface area contributed by atoms with Crippen LogP contribution in [0.3, 0.4) is 0 Å². The summed E-state index contributed by atoms with van der Waals surface area (Å²) in [6, 6.07) is 0. The van der Waals surface area contributed by atoms with Gasteiger partial charge < -0.3 is 14.9 Å². The van der Waals surface area contributed by atoms with Crippen molar-refractivity contribution in [1.82, 2.24) is 0 Å². The molecule has 4 heteroatoms. The predicted octanol–water partition coefficient (Wildman–Crippen LogP) is -0.955. The molecule has 1 aliphatic heterocycles. The standard InChI is InChI=1S/C6H10O4/c7-3-5-1-4(8)2-6(9)10-5/h4-5,7-8H,1-3H2/t4-,5+/m0/s1. The van der Waals surface area contributed by atoms with Crippen molar-refractivity contribution in [3.63, 3.8) is 0 Å². The molecule has 2 atom stereocenters. The van der Waals surface area contributed by atoms with Gasteiger partial charge in [-0.3, -0.25) is 4.79 Å². The summed E-state index contributed by atoms with van der Waals surface area (Å²) in [4.78, 5) is 10.5. The van der Waals surface area contributed by atoms with Crippen LogP contribution in [0.25, 0.3) is 0 Å². The lowest BCUT2D eigenvalue weighted by atomic mass is 10.1. The van der Waals surface area contributed by atoms with Crippen LogP contribution in [-0.4, -0.2) is 35.0 Å². The first-order valence-electron chi connectivity index (χ1n) is 3.20. The normalized spacial score (nSPS) is 33.6. The summed E-state index contributed by atoms with van der Waals surface area (Å²) < 4.78 is 4.66. The molecule has 1 saturated heterocycles. The smallest absolute Gasteiger partial charge is 0.308 e. The second kappa shape index (κ2) is 2.98. The van der Waals surface area contributed by atoms with Gasteiger partial charge in [-0.1, -0.05) is 0 Å². The van der Waals surface area contributed by atoms with E-state index in [0.29, 0.717) is 6.42 Å². The van der Waals surface area contributed by atoms with E-state index in [1.54, 1.807) is 0 Å².